The van der Waals surface area contributed by atoms with Crippen LogP contribution in [-0.2, 0) is 16.1 Å². The van der Waals surface area contributed by atoms with Crippen molar-refractivity contribution < 1.29 is 14.0 Å². The van der Waals surface area contributed by atoms with Crippen molar-refractivity contribution in [2.24, 2.45) is 0 Å². The minimum Gasteiger partial charge on any atom is -0.327 e. The molecule has 0 atom stereocenters. The molecule has 156 valence electrons. The van der Waals surface area contributed by atoms with Crippen molar-refractivity contribution in [3.8, 4) is 0 Å². The number of benzene rings is 2. The smallest absolute Gasteiger partial charge is 0.278 e. The first kappa shape index (κ1) is 21.1. The highest BCUT2D eigenvalue weighted by atomic mass is 19.1. The van der Waals surface area contributed by atoms with Gasteiger partial charge in [-0.1, -0.05) is 17.3 Å². The molecule has 0 aliphatic heterocycles. The Hall–Kier alpha value is -3.62. The Morgan fingerprint density at radius 3 is 2.43 bits per heavy atom. The highest BCUT2D eigenvalue weighted by Gasteiger charge is 2.29. The van der Waals surface area contributed by atoms with Gasteiger partial charge in [0.05, 0.1) is 5.39 Å². The monoisotopic (exact) mass is 411 g/mol. The third-order valence-electron chi connectivity index (χ3n) is 4.45. The summed E-state index contributed by atoms with van der Waals surface area (Å²) in [5.41, 5.74) is -0.263. The van der Waals surface area contributed by atoms with Crippen LogP contribution in [0.25, 0.3) is 10.9 Å². The van der Waals surface area contributed by atoms with E-state index >= 15 is 0 Å². The van der Waals surface area contributed by atoms with Gasteiger partial charge in [-0.3, -0.25) is 14.4 Å². The Kier molecular flexibility index (Phi) is 5.91. The van der Waals surface area contributed by atoms with E-state index in [9.17, 15) is 18.8 Å². The molecule has 0 fully saturated rings. The average molecular weight is 411 g/mol. The van der Waals surface area contributed by atoms with Crippen LogP contribution in [0.3, 0.4) is 0 Å². The van der Waals surface area contributed by atoms with E-state index in [4.69, 9.17) is 0 Å². The van der Waals surface area contributed by atoms with Crippen LogP contribution in [0.1, 0.15) is 20.8 Å². The van der Waals surface area contributed by atoms with Crippen molar-refractivity contribution >= 4 is 28.4 Å². The third kappa shape index (κ3) is 4.86. The van der Waals surface area contributed by atoms with Crippen molar-refractivity contribution in [2.75, 3.05) is 11.9 Å². The van der Waals surface area contributed by atoms with E-state index < -0.39 is 28.7 Å². The van der Waals surface area contributed by atoms with E-state index in [2.05, 4.69) is 15.6 Å². The van der Waals surface area contributed by atoms with Gasteiger partial charge < -0.3 is 10.2 Å². The molecule has 1 heterocycles. The molecule has 0 bridgehead atoms. The van der Waals surface area contributed by atoms with Gasteiger partial charge in [0.2, 0.25) is 11.8 Å². The summed E-state index contributed by atoms with van der Waals surface area (Å²) in [5.74, 6) is -1.31. The van der Waals surface area contributed by atoms with Gasteiger partial charge in [-0.15, -0.1) is 5.10 Å². The zero-order valence-corrected chi connectivity index (χ0v) is 16.9. The minimum absolute atomic E-state index is 0.241. The Morgan fingerprint density at radius 1 is 1.10 bits per heavy atom. The molecule has 0 aliphatic rings. The number of carbonyl (C=O) groups is 2. The predicted octanol–water partition coefficient (Wildman–Crippen LogP) is 2.20. The number of hydrogen-bond donors (Lipinski definition) is 1. The van der Waals surface area contributed by atoms with E-state index in [0.29, 0.717) is 16.6 Å². The van der Waals surface area contributed by atoms with Crippen LogP contribution in [-0.4, -0.2) is 43.8 Å². The van der Waals surface area contributed by atoms with E-state index in [1.807, 2.05) is 0 Å². The maximum Gasteiger partial charge on any atom is 0.278 e. The van der Waals surface area contributed by atoms with Crippen molar-refractivity contribution in [2.45, 2.75) is 32.9 Å². The van der Waals surface area contributed by atoms with Crippen LogP contribution in [0.5, 0.6) is 0 Å². The van der Waals surface area contributed by atoms with Crippen molar-refractivity contribution in [1.82, 2.24) is 19.9 Å². The highest BCUT2D eigenvalue weighted by Crippen LogP contribution is 2.15. The number of halogens is 1. The lowest BCUT2D eigenvalue weighted by Crippen LogP contribution is -2.51. The standard InChI is InChI=1S/C21H22FN5O3/c1-21(2,3)26(12-18(28)23-15-10-8-14(22)9-11-15)19(29)13-27-20(30)16-6-4-5-7-17(16)24-25-27/h4-11H,12-13H2,1-3H3,(H,23,28). The number of nitrogens with one attached hydrogen (secondary N) is 1. The summed E-state index contributed by atoms with van der Waals surface area (Å²) < 4.78 is 14.0. The molecule has 1 aromatic heterocycles. The molecule has 0 spiro atoms. The van der Waals surface area contributed by atoms with Crippen LogP contribution in [0.15, 0.2) is 53.3 Å². The maximum atomic E-state index is 13.0. The van der Waals surface area contributed by atoms with E-state index in [-0.39, 0.29) is 13.1 Å². The molecule has 0 radical (unpaired) electrons. The van der Waals surface area contributed by atoms with Gasteiger partial charge in [0.25, 0.3) is 5.56 Å². The fraction of sp³-hybridized carbons (Fsp3) is 0.286. The largest absolute Gasteiger partial charge is 0.327 e. The summed E-state index contributed by atoms with van der Waals surface area (Å²) in [6.45, 7) is 4.76. The number of fused-ring (bicyclic) bond motifs is 1. The fourth-order valence-electron chi connectivity index (χ4n) is 2.92. The molecule has 30 heavy (non-hydrogen) atoms. The van der Waals surface area contributed by atoms with E-state index in [1.165, 1.54) is 29.2 Å². The number of rotatable bonds is 5. The summed E-state index contributed by atoms with van der Waals surface area (Å²) >= 11 is 0. The third-order valence-corrected chi connectivity index (χ3v) is 4.45. The lowest BCUT2D eigenvalue weighted by atomic mass is 10.1. The van der Waals surface area contributed by atoms with Crippen LogP contribution in [0.4, 0.5) is 10.1 Å². The molecule has 2 amide bonds. The molecule has 8 nitrogen and oxygen atoms in total. The van der Waals surface area contributed by atoms with E-state index in [1.54, 1.807) is 45.0 Å². The minimum atomic E-state index is -0.689. The van der Waals surface area contributed by atoms with E-state index in [0.717, 1.165) is 4.68 Å². The summed E-state index contributed by atoms with van der Waals surface area (Å²) in [6, 6.07) is 12.1. The van der Waals surface area contributed by atoms with Crippen LogP contribution < -0.4 is 10.9 Å². The van der Waals surface area contributed by atoms with Gasteiger partial charge in [-0.25, -0.2) is 9.07 Å². The molecule has 3 rings (SSSR count). The molecule has 0 saturated carbocycles. The molecule has 0 unspecified atom stereocenters. The summed E-state index contributed by atoms with van der Waals surface area (Å²) in [4.78, 5) is 39.4. The number of aromatic nitrogens is 3. The fourth-order valence-corrected chi connectivity index (χ4v) is 2.92. The normalized spacial score (nSPS) is 11.3. The lowest BCUT2D eigenvalue weighted by Gasteiger charge is -2.35. The molecule has 3 aromatic rings. The first-order valence-electron chi connectivity index (χ1n) is 9.33. The van der Waals surface area contributed by atoms with Gasteiger partial charge in [0, 0.05) is 11.2 Å². The second-order valence-electron chi connectivity index (χ2n) is 7.78. The number of anilines is 1. The first-order valence-corrected chi connectivity index (χ1v) is 9.33. The van der Waals surface area contributed by atoms with Crippen molar-refractivity contribution in [1.29, 1.82) is 0 Å². The second kappa shape index (κ2) is 8.40. The van der Waals surface area contributed by atoms with Gasteiger partial charge in [0.15, 0.2) is 0 Å². The number of amides is 2. The second-order valence-corrected chi connectivity index (χ2v) is 7.78. The highest BCUT2D eigenvalue weighted by molar-refractivity contribution is 5.94. The van der Waals surface area contributed by atoms with Crippen LogP contribution in [0, 0.1) is 5.82 Å². The zero-order valence-electron chi connectivity index (χ0n) is 16.9. The first-order chi connectivity index (χ1) is 14.1. The average Bonchev–Trinajstić information content (AvgIpc) is 2.69. The number of nitrogens with zero attached hydrogens (tertiary/aromatic N) is 4. The SMILES string of the molecule is CC(C)(C)N(CC(=O)Nc1ccc(F)cc1)C(=O)Cn1nnc2ccccc2c1=O. The summed E-state index contributed by atoms with van der Waals surface area (Å²) in [5, 5.41) is 10.8. The topological polar surface area (TPSA) is 97.2 Å². The molecule has 9 heteroatoms. The predicted molar refractivity (Wildman–Crippen MR) is 110 cm³/mol. The van der Waals surface area contributed by atoms with Gasteiger partial charge in [-0.05, 0) is 57.2 Å². The van der Waals surface area contributed by atoms with Gasteiger partial charge in [0.1, 0.15) is 24.4 Å². The maximum absolute atomic E-state index is 13.0. The van der Waals surface area contributed by atoms with Crippen molar-refractivity contribution in [3.63, 3.8) is 0 Å². The van der Waals surface area contributed by atoms with Crippen LogP contribution >= 0.6 is 0 Å². The molecule has 0 saturated heterocycles. The molecule has 1 N–H and O–H groups in total. The Labute approximate surface area is 172 Å². The molecule has 0 aliphatic carbocycles. The number of hydrogen-bond acceptors (Lipinski definition) is 5. The molecule has 2 aromatic carbocycles. The summed E-state index contributed by atoms with van der Waals surface area (Å²) in [7, 11) is 0. The van der Waals surface area contributed by atoms with Gasteiger partial charge >= 0.3 is 0 Å². The zero-order chi connectivity index (χ0) is 21.9. The Balaban J connectivity index is 1.77. The summed E-state index contributed by atoms with van der Waals surface area (Å²) in [6.07, 6.45) is 0. The molecular weight excluding hydrogens is 389 g/mol. The van der Waals surface area contributed by atoms with Crippen LogP contribution in [0.2, 0.25) is 0 Å². The van der Waals surface area contributed by atoms with Gasteiger partial charge in [-0.2, -0.15) is 0 Å². The Bertz CT molecular complexity index is 1140. The lowest BCUT2D eigenvalue weighted by molar-refractivity contribution is -0.140. The Morgan fingerprint density at radius 2 is 1.77 bits per heavy atom. The molecular formula is C21H22FN5O3. The number of carbonyl (C=O) groups excluding carboxylic acids is 2. The van der Waals surface area contributed by atoms with Crippen molar-refractivity contribution in [3.05, 3.63) is 64.7 Å². The quantitative estimate of drug-likeness (QED) is 0.694.